The van der Waals surface area contributed by atoms with E-state index in [0.29, 0.717) is 0 Å². The fraction of sp³-hybridized carbons (Fsp3) is 0.182. The summed E-state index contributed by atoms with van der Waals surface area (Å²) < 4.78 is 0. The van der Waals surface area contributed by atoms with Gasteiger partial charge < -0.3 is 0 Å². The lowest BCUT2D eigenvalue weighted by atomic mass is 9.79. The molecule has 0 atom stereocenters. The zero-order chi connectivity index (χ0) is 23.2. The van der Waals surface area contributed by atoms with Crippen LogP contribution in [0.25, 0.3) is 44.3 Å². The summed E-state index contributed by atoms with van der Waals surface area (Å²) in [6.07, 6.45) is 1.99. The Hall–Kier alpha value is -3.71. The summed E-state index contributed by atoms with van der Waals surface area (Å²) in [4.78, 5) is 5.00. The average molecular weight is 438 g/mol. The molecule has 2 aliphatic carbocycles. The molecule has 0 fully saturated rings. The summed E-state index contributed by atoms with van der Waals surface area (Å²) in [6.45, 7) is 9.39. The highest BCUT2D eigenvalue weighted by molar-refractivity contribution is 6.03. The molecule has 1 nitrogen and oxygen atoms in total. The fourth-order valence-electron chi connectivity index (χ4n) is 6.59. The lowest BCUT2D eigenvalue weighted by Crippen LogP contribution is -2.17. The maximum atomic E-state index is 5.00. The Morgan fingerprint density at radius 1 is 0.588 bits per heavy atom. The standard InChI is InChI=1S/C33H27N/c1-32(2)26-12-8-7-11-23(26)24-15-13-21(19-28(24)32)31-30-25(17-18-34-31)29-22-10-6-5-9-20(22)14-16-27(29)33(30,3)4/h5-19H,1-4H3. The van der Waals surface area contributed by atoms with Crippen molar-refractivity contribution in [2.45, 2.75) is 38.5 Å². The van der Waals surface area contributed by atoms with Crippen LogP contribution in [-0.2, 0) is 10.8 Å². The third kappa shape index (κ3) is 2.37. The second-order valence-electron chi connectivity index (χ2n) is 10.8. The molecule has 0 radical (unpaired) electrons. The quantitative estimate of drug-likeness (QED) is 0.256. The lowest BCUT2D eigenvalue weighted by molar-refractivity contribution is 0.657. The number of rotatable bonds is 1. The maximum Gasteiger partial charge on any atom is 0.0749 e. The molecule has 0 amide bonds. The molecule has 0 saturated carbocycles. The van der Waals surface area contributed by atoms with Crippen LogP contribution in [0.1, 0.15) is 49.9 Å². The maximum absolute atomic E-state index is 5.00. The van der Waals surface area contributed by atoms with E-state index < -0.39 is 0 Å². The van der Waals surface area contributed by atoms with Crippen molar-refractivity contribution in [2.24, 2.45) is 0 Å². The minimum atomic E-state index is -0.115. The van der Waals surface area contributed by atoms with Crippen LogP contribution in [0.4, 0.5) is 0 Å². The molecular formula is C33H27N. The second kappa shape index (κ2) is 6.45. The Kier molecular flexibility index (Phi) is 3.74. The van der Waals surface area contributed by atoms with E-state index in [4.69, 9.17) is 4.98 Å². The van der Waals surface area contributed by atoms with Crippen molar-refractivity contribution < 1.29 is 0 Å². The number of pyridine rings is 1. The number of aromatic nitrogens is 1. The van der Waals surface area contributed by atoms with E-state index in [1.165, 1.54) is 60.8 Å². The van der Waals surface area contributed by atoms with Crippen LogP contribution >= 0.6 is 0 Å². The predicted molar refractivity (Wildman–Crippen MR) is 142 cm³/mol. The molecule has 0 aliphatic heterocycles. The zero-order valence-electron chi connectivity index (χ0n) is 20.1. The van der Waals surface area contributed by atoms with Gasteiger partial charge in [-0.2, -0.15) is 0 Å². The summed E-state index contributed by atoms with van der Waals surface area (Å²) in [5.41, 5.74) is 13.1. The van der Waals surface area contributed by atoms with Gasteiger partial charge in [-0.05, 0) is 67.4 Å². The first kappa shape index (κ1) is 19.7. The molecule has 4 aromatic carbocycles. The van der Waals surface area contributed by atoms with Crippen LogP contribution in [0.15, 0.2) is 91.1 Å². The summed E-state index contributed by atoms with van der Waals surface area (Å²) >= 11 is 0. The van der Waals surface area contributed by atoms with Crippen molar-refractivity contribution in [2.75, 3.05) is 0 Å². The predicted octanol–water partition coefficient (Wildman–Crippen LogP) is 8.51. The van der Waals surface area contributed by atoms with Gasteiger partial charge in [-0.15, -0.1) is 0 Å². The number of nitrogens with zero attached hydrogens (tertiary/aromatic N) is 1. The summed E-state index contributed by atoms with van der Waals surface area (Å²) in [7, 11) is 0. The van der Waals surface area contributed by atoms with Gasteiger partial charge in [0.2, 0.25) is 0 Å². The average Bonchev–Trinajstić information content (AvgIpc) is 3.24. The van der Waals surface area contributed by atoms with Crippen LogP contribution in [-0.4, -0.2) is 4.98 Å². The van der Waals surface area contributed by atoms with Gasteiger partial charge in [0.05, 0.1) is 5.69 Å². The molecule has 1 heteroatoms. The largest absolute Gasteiger partial charge is 0.256 e. The van der Waals surface area contributed by atoms with E-state index in [-0.39, 0.29) is 10.8 Å². The molecule has 0 spiro atoms. The zero-order valence-corrected chi connectivity index (χ0v) is 20.1. The topological polar surface area (TPSA) is 12.9 Å². The SMILES string of the molecule is CC1(C)c2ccccc2-c2ccc(-c3nccc4c3C(C)(C)c3ccc5ccccc5c3-4)cc21. The molecule has 0 unspecified atom stereocenters. The van der Waals surface area contributed by atoms with Gasteiger partial charge in [0.25, 0.3) is 0 Å². The Morgan fingerprint density at radius 3 is 2.24 bits per heavy atom. The lowest BCUT2D eigenvalue weighted by Gasteiger charge is -2.25. The minimum absolute atomic E-state index is 0.0193. The first-order valence-electron chi connectivity index (χ1n) is 12.2. The number of benzene rings is 4. The van der Waals surface area contributed by atoms with Crippen LogP contribution in [0.5, 0.6) is 0 Å². The molecule has 164 valence electrons. The third-order valence-electron chi connectivity index (χ3n) is 8.30. The molecule has 0 N–H and O–H groups in total. The van der Waals surface area contributed by atoms with E-state index in [0.717, 1.165) is 5.69 Å². The molecule has 2 aliphatic rings. The highest BCUT2D eigenvalue weighted by atomic mass is 14.7. The van der Waals surface area contributed by atoms with Crippen LogP contribution in [0.2, 0.25) is 0 Å². The van der Waals surface area contributed by atoms with Crippen molar-refractivity contribution >= 4 is 10.8 Å². The van der Waals surface area contributed by atoms with Crippen molar-refractivity contribution in [3.63, 3.8) is 0 Å². The summed E-state index contributed by atoms with van der Waals surface area (Å²) in [5, 5.41) is 2.62. The Bertz CT molecular complexity index is 1650. The van der Waals surface area contributed by atoms with Gasteiger partial charge in [-0.3, -0.25) is 4.98 Å². The Labute approximate surface area is 201 Å². The monoisotopic (exact) mass is 437 g/mol. The molecular weight excluding hydrogens is 410 g/mol. The fourth-order valence-corrected chi connectivity index (χ4v) is 6.59. The third-order valence-corrected chi connectivity index (χ3v) is 8.30. The van der Waals surface area contributed by atoms with E-state index >= 15 is 0 Å². The molecule has 1 heterocycles. The first-order chi connectivity index (χ1) is 16.4. The molecule has 0 saturated heterocycles. The van der Waals surface area contributed by atoms with Gasteiger partial charge in [-0.1, -0.05) is 100 Å². The van der Waals surface area contributed by atoms with Crippen molar-refractivity contribution in [3.05, 3.63) is 113 Å². The number of fused-ring (bicyclic) bond motifs is 8. The summed E-state index contributed by atoms with van der Waals surface area (Å²) in [6, 6.07) is 31.4. The van der Waals surface area contributed by atoms with Crippen molar-refractivity contribution in [1.29, 1.82) is 0 Å². The minimum Gasteiger partial charge on any atom is -0.256 e. The summed E-state index contributed by atoms with van der Waals surface area (Å²) in [5.74, 6) is 0. The van der Waals surface area contributed by atoms with Gasteiger partial charge >= 0.3 is 0 Å². The molecule has 7 rings (SSSR count). The van der Waals surface area contributed by atoms with Gasteiger partial charge in [0, 0.05) is 22.6 Å². The number of hydrogen-bond donors (Lipinski definition) is 0. The smallest absolute Gasteiger partial charge is 0.0749 e. The van der Waals surface area contributed by atoms with Crippen LogP contribution in [0, 0.1) is 0 Å². The highest BCUT2D eigenvalue weighted by Crippen LogP contribution is 2.55. The molecule has 0 bridgehead atoms. The molecule has 5 aromatic rings. The first-order valence-corrected chi connectivity index (χ1v) is 12.2. The van der Waals surface area contributed by atoms with E-state index in [2.05, 4.69) is 113 Å². The van der Waals surface area contributed by atoms with Crippen molar-refractivity contribution in [3.8, 4) is 33.5 Å². The second-order valence-corrected chi connectivity index (χ2v) is 10.8. The van der Waals surface area contributed by atoms with E-state index in [1.54, 1.807) is 0 Å². The Balaban J connectivity index is 1.48. The highest BCUT2D eigenvalue weighted by Gasteiger charge is 2.40. The van der Waals surface area contributed by atoms with Gasteiger partial charge in [0.15, 0.2) is 0 Å². The number of hydrogen-bond acceptors (Lipinski definition) is 1. The Morgan fingerprint density at radius 2 is 1.35 bits per heavy atom. The van der Waals surface area contributed by atoms with Gasteiger partial charge in [0.1, 0.15) is 0 Å². The molecule has 34 heavy (non-hydrogen) atoms. The van der Waals surface area contributed by atoms with Crippen LogP contribution in [0.3, 0.4) is 0 Å². The van der Waals surface area contributed by atoms with Gasteiger partial charge in [-0.25, -0.2) is 0 Å². The normalized spacial score (nSPS) is 16.1. The molecule has 1 aromatic heterocycles. The van der Waals surface area contributed by atoms with E-state index in [1.807, 2.05) is 6.20 Å². The van der Waals surface area contributed by atoms with Crippen LogP contribution < -0.4 is 0 Å². The van der Waals surface area contributed by atoms with Crippen molar-refractivity contribution in [1.82, 2.24) is 4.98 Å². The van der Waals surface area contributed by atoms with E-state index in [9.17, 15) is 0 Å².